The SMILES string of the molecule is COC(=O)c1cc(C)ccc1C1=NC(=O)C(=O)N1CC(C)C. The number of aryl methyl sites for hydroxylation is 1. The molecular formula is C16H18N2O4. The molecule has 1 aliphatic rings. The molecule has 6 nitrogen and oxygen atoms in total. The predicted molar refractivity (Wildman–Crippen MR) is 80.6 cm³/mol. The van der Waals surface area contributed by atoms with Crippen molar-refractivity contribution in [2.75, 3.05) is 13.7 Å². The van der Waals surface area contributed by atoms with Crippen LogP contribution in [0.1, 0.15) is 35.3 Å². The third-order valence-corrected chi connectivity index (χ3v) is 3.26. The Morgan fingerprint density at radius 2 is 2.00 bits per heavy atom. The van der Waals surface area contributed by atoms with Crippen molar-refractivity contribution in [2.24, 2.45) is 10.9 Å². The topological polar surface area (TPSA) is 76.0 Å². The fraction of sp³-hybridized carbons (Fsp3) is 0.375. The van der Waals surface area contributed by atoms with Crippen LogP contribution in [-0.2, 0) is 14.3 Å². The van der Waals surface area contributed by atoms with Crippen molar-refractivity contribution in [2.45, 2.75) is 20.8 Å². The Bertz CT molecular complexity index is 677. The minimum absolute atomic E-state index is 0.159. The van der Waals surface area contributed by atoms with E-state index in [4.69, 9.17) is 4.74 Å². The van der Waals surface area contributed by atoms with Crippen LogP contribution in [0.5, 0.6) is 0 Å². The second kappa shape index (κ2) is 6.09. The van der Waals surface area contributed by atoms with Gasteiger partial charge in [0.2, 0.25) is 0 Å². The Hall–Kier alpha value is -2.50. The lowest BCUT2D eigenvalue weighted by Gasteiger charge is -2.21. The molecule has 0 aliphatic carbocycles. The highest BCUT2D eigenvalue weighted by atomic mass is 16.5. The maximum Gasteiger partial charge on any atom is 0.338 e. The van der Waals surface area contributed by atoms with Gasteiger partial charge in [0.05, 0.1) is 12.7 Å². The van der Waals surface area contributed by atoms with E-state index in [1.807, 2.05) is 20.8 Å². The largest absolute Gasteiger partial charge is 0.465 e. The molecule has 1 aromatic carbocycles. The van der Waals surface area contributed by atoms with E-state index in [-0.39, 0.29) is 17.3 Å². The van der Waals surface area contributed by atoms with Crippen molar-refractivity contribution in [3.05, 3.63) is 34.9 Å². The number of benzene rings is 1. The van der Waals surface area contributed by atoms with Gasteiger partial charge >= 0.3 is 17.8 Å². The molecule has 0 aromatic heterocycles. The van der Waals surface area contributed by atoms with Gasteiger partial charge < -0.3 is 4.74 Å². The number of esters is 1. The quantitative estimate of drug-likeness (QED) is 0.624. The van der Waals surface area contributed by atoms with Crippen molar-refractivity contribution >= 4 is 23.6 Å². The van der Waals surface area contributed by atoms with E-state index in [2.05, 4.69) is 4.99 Å². The molecule has 116 valence electrons. The van der Waals surface area contributed by atoms with Crippen LogP contribution in [0.4, 0.5) is 0 Å². The predicted octanol–water partition coefficient (Wildman–Crippen LogP) is 1.55. The van der Waals surface area contributed by atoms with Crippen LogP contribution in [0.3, 0.4) is 0 Å². The molecule has 0 saturated heterocycles. The monoisotopic (exact) mass is 302 g/mol. The summed E-state index contributed by atoms with van der Waals surface area (Å²) in [5, 5.41) is 0. The molecule has 0 atom stereocenters. The number of hydrogen-bond donors (Lipinski definition) is 0. The van der Waals surface area contributed by atoms with Gasteiger partial charge in [0.1, 0.15) is 5.84 Å². The first-order valence-electron chi connectivity index (χ1n) is 6.99. The molecule has 0 bridgehead atoms. The van der Waals surface area contributed by atoms with Gasteiger partial charge in [-0.2, -0.15) is 4.99 Å². The average molecular weight is 302 g/mol. The third kappa shape index (κ3) is 2.90. The normalized spacial score (nSPS) is 14.6. The Morgan fingerprint density at radius 1 is 1.32 bits per heavy atom. The second-order valence-electron chi connectivity index (χ2n) is 5.59. The molecule has 0 fully saturated rings. The van der Waals surface area contributed by atoms with Crippen LogP contribution in [-0.4, -0.2) is 42.2 Å². The molecule has 0 spiro atoms. The summed E-state index contributed by atoms with van der Waals surface area (Å²) in [5.74, 6) is -1.64. The summed E-state index contributed by atoms with van der Waals surface area (Å²) in [4.78, 5) is 40.8. The average Bonchev–Trinajstić information content (AvgIpc) is 2.74. The van der Waals surface area contributed by atoms with Gasteiger partial charge in [-0.3, -0.25) is 14.5 Å². The number of aliphatic imine (C=N–C) groups is 1. The summed E-state index contributed by atoms with van der Waals surface area (Å²) in [6.45, 7) is 6.07. The lowest BCUT2D eigenvalue weighted by molar-refractivity contribution is -0.140. The molecular weight excluding hydrogens is 284 g/mol. The van der Waals surface area contributed by atoms with Gasteiger partial charge in [0, 0.05) is 12.1 Å². The van der Waals surface area contributed by atoms with E-state index in [0.29, 0.717) is 12.1 Å². The number of amides is 2. The molecule has 0 radical (unpaired) electrons. The van der Waals surface area contributed by atoms with Gasteiger partial charge in [-0.1, -0.05) is 31.5 Å². The first-order chi connectivity index (χ1) is 10.3. The van der Waals surface area contributed by atoms with Crippen LogP contribution < -0.4 is 0 Å². The fourth-order valence-corrected chi connectivity index (χ4v) is 2.29. The molecule has 2 rings (SSSR count). The van der Waals surface area contributed by atoms with Crippen LogP contribution in [0.15, 0.2) is 23.2 Å². The number of methoxy groups -OCH3 is 1. The minimum atomic E-state index is -0.813. The van der Waals surface area contributed by atoms with E-state index in [1.54, 1.807) is 18.2 Å². The van der Waals surface area contributed by atoms with E-state index in [0.717, 1.165) is 5.56 Å². The molecule has 1 aliphatic heterocycles. The Kier molecular flexibility index (Phi) is 4.40. The molecule has 2 amide bonds. The van der Waals surface area contributed by atoms with Crippen molar-refractivity contribution in [3.63, 3.8) is 0 Å². The van der Waals surface area contributed by atoms with Gasteiger partial charge in [0.25, 0.3) is 0 Å². The van der Waals surface area contributed by atoms with Crippen LogP contribution in [0, 0.1) is 12.8 Å². The Balaban J connectivity index is 2.54. The number of carbonyl (C=O) groups is 3. The summed E-state index contributed by atoms with van der Waals surface area (Å²) < 4.78 is 4.78. The lowest BCUT2D eigenvalue weighted by atomic mass is 10.0. The number of ether oxygens (including phenoxy) is 1. The van der Waals surface area contributed by atoms with E-state index >= 15 is 0 Å². The zero-order valence-corrected chi connectivity index (χ0v) is 13.0. The molecule has 1 heterocycles. The summed E-state index contributed by atoms with van der Waals surface area (Å²) in [5.41, 5.74) is 1.59. The van der Waals surface area contributed by atoms with Gasteiger partial charge in [0.15, 0.2) is 0 Å². The highest BCUT2D eigenvalue weighted by Crippen LogP contribution is 2.20. The third-order valence-electron chi connectivity index (χ3n) is 3.26. The zero-order valence-electron chi connectivity index (χ0n) is 13.0. The number of carbonyl (C=O) groups excluding carboxylic acids is 3. The highest BCUT2D eigenvalue weighted by molar-refractivity contribution is 6.45. The summed E-state index contributed by atoms with van der Waals surface area (Å²) >= 11 is 0. The van der Waals surface area contributed by atoms with Crippen LogP contribution >= 0.6 is 0 Å². The molecule has 6 heteroatoms. The van der Waals surface area contributed by atoms with Crippen LogP contribution in [0.25, 0.3) is 0 Å². The molecule has 0 unspecified atom stereocenters. The van der Waals surface area contributed by atoms with Crippen LogP contribution in [0.2, 0.25) is 0 Å². The zero-order chi connectivity index (χ0) is 16.4. The fourth-order valence-electron chi connectivity index (χ4n) is 2.29. The first kappa shape index (κ1) is 15.9. The number of rotatable bonds is 4. The molecule has 0 saturated carbocycles. The molecule has 1 aromatic rings. The first-order valence-corrected chi connectivity index (χ1v) is 6.99. The number of nitrogens with zero attached hydrogens (tertiary/aromatic N) is 2. The van der Waals surface area contributed by atoms with Gasteiger partial charge in [-0.05, 0) is 18.9 Å². The maximum atomic E-state index is 12.0. The number of amidine groups is 1. The van der Waals surface area contributed by atoms with Gasteiger partial charge in [-0.15, -0.1) is 0 Å². The Morgan fingerprint density at radius 3 is 2.59 bits per heavy atom. The van der Waals surface area contributed by atoms with E-state index < -0.39 is 17.8 Å². The van der Waals surface area contributed by atoms with Crippen molar-refractivity contribution in [1.82, 2.24) is 4.90 Å². The maximum absolute atomic E-state index is 12.0. The van der Waals surface area contributed by atoms with Crippen molar-refractivity contribution < 1.29 is 19.1 Å². The van der Waals surface area contributed by atoms with Gasteiger partial charge in [-0.25, -0.2) is 4.79 Å². The van der Waals surface area contributed by atoms with Crippen molar-refractivity contribution in [1.29, 1.82) is 0 Å². The smallest absolute Gasteiger partial charge is 0.338 e. The second-order valence-corrected chi connectivity index (χ2v) is 5.59. The molecule has 22 heavy (non-hydrogen) atoms. The van der Waals surface area contributed by atoms with E-state index in [9.17, 15) is 14.4 Å². The minimum Gasteiger partial charge on any atom is -0.465 e. The summed E-state index contributed by atoms with van der Waals surface area (Å²) in [6.07, 6.45) is 0. The summed E-state index contributed by atoms with van der Waals surface area (Å²) in [7, 11) is 1.28. The van der Waals surface area contributed by atoms with E-state index in [1.165, 1.54) is 12.0 Å². The molecule has 0 N–H and O–H groups in total. The summed E-state index contributed by atoms with van der Waals surface area (Å²) in [6, 6.07) is 5.13. The Labute approximate surface area is 128 Å². The standard InChI is InChI=1S/C16H18N2O4/c1-9(2)8-18-13(17-14(19)15(18)20)11-6-5-10(3)7-12(11)16(21)22-4/h5-7,9H,8H2,1-4H3. The lowest BCUT2D eigenvalue weighted by Crippen LogP contribution is -2.37. The van der Waals surface area contributed by atoms with Crippen molar-refractivity contribution in [3.8, 4) is 0 Å². The number of hydrogen-bond acceptors (Lipinski definition) is 4. The highest BCUT2D eigenvalue weighted by Gasteiger charge is 2.36.